The highest BCUT2D eigenvalue weighted by atomic mass is 19.1. The second kappa shape index (κ2) is 7.09. The summed E-state index contributed by atoms with van der Waals surface area (Å²) in [5.41, 5.74) is 3.43. The number of urea groups is 1. The largest absolute Gasteiger partial charge is 0.366 e. The molecule has 2 aromatic carbocycles. The first kappa shape index (κ1) is 17.2. The van der Waals surface area contributed by atoms with E-state index in [4.69, 9.17) is 0 Å². The maximum absolute atomic E-state index is 13.9. The first-order valence-electron chi connectivity index (χ1n) is 8.27. The average Bonchev–Trinajstić information content (AvgIpc) is 2.58. The lowest BCUT2D eigenvalue weighted by molar-refractivity contribution is 0.208. The third-order valence-electron chi connectivity index (χ3n) is 4.58. The molecule has 2 aromatic rings. The van der Waals surface area contributed by atoms with Crippen LogP contribution >= 0.6 is 0 Å². The van der Waals surface area contributed by atoms with Gasteiger partial charge in [-0.15, -0.1) is 0 Å². The number of nitrogens with one attached hydrogen (secondary N) is 1. The topological polar surface area (TPSA) is 35.6 Å². The summed E-state index contributed by atoms with van der Waals surface area (Å²) in [7, 11) is 0. The lowest BCUT2D eigenvalue weighted by Crippen LogP contribution is -2.50. The monoisotopic (exact) mass is 345 g/mol. The molecule has 1 aliphatic heterocycles. The maximum atomic E-state index is 13.9. The van der Waals surface area contributed by atoms with Crippen molar-refractivity contribution in [1.82, 2.24) is 4.90 Å². The van der Waals surface area contributed by atoms with E-state index in [9.17, 15) is 13.6 Å². The van der Waals surface area contributed by atoms with Crippen LogP contribution in [0, 0.1) is 25.5 Å². The predicted octanol–water partition coefficient (Wildman–Crippen LogP) is 3.94. The summed E-state index contributed by atoms with van der Waals surface area (Å²) in [6.45, 7) is 5.99. The molecule has 0 aliphatic carbocycles. The van der Waals surface area contributed by atoms with Crippen LogP contribution in [0.1, 0.15) is 11.1 Å². The van der Waals surface area contributed by atoms with Crippen LogP contribution in [0.4, 0.5) is 25.0 Å². The van der Waals surface area contributed by atoms with E-state index < -0.39 is 11.6 Å². The smallest absolute Gasteiger partial charge is 0.321 e. The van der Waals surface area contributed by atoms with Gasteiger partial charge in [-0.25, -0.2) is 13.6 Å². The maximum Gasteiger partial charge on any atom is 0.321 e. The quantitative estimate of drug-likeness (QED) is 0.895. The van der Waals surface area contributed by atoms with Crippen LogP contribution in [0.5, 0.6) is 0 Å². The molecule has 0 bridgehead atoms. The van der Waals surface area contributed by atoms with Crippen molar-refractivity contribution in [2.45, 2.75) is 13.8 Å². The van der Waals surface area contributed by atoms with E-state index in [0.29, 0.717) is 31.9 Å². The summed E-state index contributed by atoms with van der Waals surface area (Å²) in [6.07, 6.45) is 0. The van der Waals surface area contributed by atoms with Gasteiger partial charge in [-0.3, -0.25) is 0 Å². The van der Waals surface area contributed by atoms with Crippen molar-refractivity contribution >= 4 is 17.4 Å². The van der Waals surface area contributed by atoms with Gasteiger partial charge in [0.25, 0.3) is 0 Å². The summed E-state index contributed by atoms with van der Waals surface area (Å²) >= 11 is 0. The molecule has 0 saturated carbocycles. The van der Waals surface area contributed by atoms with E-state index in [2.05, 4.69) is 5.32 Å². The van der Waals surface area contributed by atoms with Gasteiger partial charge in [-0.05, 0) is 49.2 Å². The Bertz CT molecular complexity index is 786. The van der Waals surface area contributed by atoms with Crippen molar-refractivity contribution in [3.05, 3.63) is 59.2 Å². The molecule has 3 rings (SSSR count). The van der Waals surface area contributed by atoms with Crippen molar-refractivity contribution in [1.29, 1.82) is 0 Å². The zero-order chi connectivity index (χ0) is 18.0. The second-order valence-electron chi connectivity index (χ2n) is 6.30. The summed E-state index contributed by atoms with van der Waals surface area (Å²) in [5, 5.41) is 2.90. The molecular weight excluding hydrogens is 324 g/mol. The Labute approximate surface area is 146 Å². The molecule has 6 heteroatoms. The number of amides is 2. The number of hydrogen-bond donors (Lipinski definition) is 1. The van der Waals surface area contributed by atoms with Gasteiger partial charge in [-0.1, -0.05) is 6.07 Å². The average molecular weight is 345 g/mol. The summed E-state index contributed by atoms with van der Waals surface area (Å²) in [4.78, 5) is 15.9. The van der Waals surface area contributed by atoms with Crippen molar-refractivity contribution in [2.75, 3.05) is 36.4 Å². The van der Waals surface area contributed by atoms with Crippen LogP contribution in [-0.2, 0) is 0 Å². The SMILES string of the molecule is Cc1ccc(NC(=O)N2CCN(c3ccc(F)cc3F)CC2)cc1C. The Balaban J connectivity index is 1.59. The van der Waals surface area contributed by atoms with Gasteiger partial charge in [-0.2, -0.15) is 0 Å². The minimum atomic E-state index is -0.590. The highest BCUT2D eigenvalue weighted by molar-refractivity contribution is 5.89. The number of rotatable bonds is 2. The third kappa shape index (κ3) is 3.90. The molecular formula is C19H21F2N3O. The van der Waals surface area contributed by atoms with Gasteiger partial charge >= 0.3 is 6.03 Å². The van der Waals surface area contributed by atoms with Crippen LogP contribution in [0.25, 0.3) is 0 Å². The molecule has 0 spiro atoms. The number of nitrogens with zero attached hydrogens (tertiary/aromatic N) is 2. The van der Waals surface area contributed by atoms with Gasteiger partial charge in [0.2, 0.25) is 0 Å². The molecule has 1 fully saturated rings. The Morgan fingerprint density at radius 2 is 1.68 bits per heavy atom. The van der Waals surface area contributed by atoms with Crippen LogP contribution in [0.2, 0.25) is 0 Å². The Kier molecular flexibility index (Phi) is 4.88. The van der Waals surface area contributed by atoms with Gasteiger partial charge < -0.3 is 15.1 Å². The fourth-order valence-electron chi connectivity index (χ4n) is 2.91. The molecule has 1 N–H and O–H groups in total. The molecule has 1 aliphatic rings. The first-order valence-corrected chi connectivity index (χ1v) is 8.27. The molecule has 132 valence electrons. The number of benzene rings is 2. The van der Waals surface area contributed by atoms with E-state index in [1.54, 1.807) is 4.90 Å². The zero-order valence-electron chi connectivity index (χ0n) is 14.4. The predicted molar refractivity (Wildman–Crippen MR) is 95.1 cm³/mol. The number of halogens is 2. The lowest BCUT2D eigenvalue weighted by atomic mass is 10.1. The van der Waals surface area contributed by atoms with Crippen LogP contribution in [-0.4, -0.2) is 37.1 Å². The van der Waals surface area contributed by atoms with Crippen molar-refractivity contribution in [2.24, 2.45) is 0 Å². The number of hydrogen-bond acceptors (Lipinski definition) is 2. The standard InChI is InChI=1S/C19H21F2N3O/c1-13-3-5-16(11-14(13)2)22-19(25)24-9-7-23(8-10-24)18-6-4-15(20)12-17(18)21/h3-6,11-12H,7-10H2,1-2H3,(H,22,25). The van der Waals surface area contributed by atoms with E-state index in [1.807, 2.05) is 36.9 Å². The van der Waals surface area contributed by atoms with E-state index in [0.717, 1.165) is 17.3 Å². The van der Waals surface area contributed by atoms with Gasteiger partial charge in [0.05, 0.1) is 5.69 Å². The van der Waals surface area contributed by atoms with E-state index in [-0.39, 0.29) is 6.03 Å². The Morgan fingerprint density at radius 1 is 0.960 bits per heavy atom. The molecule has 0 aromatic heterocycles. The molecule has 4 nitrogen and oxygen atoms in total. The van der Waals surface area contributed by atoms with Crippen molar-refractivity contribution in [3.8, 4) is 0 Å². The summed E-state index contributed by atoms with van der Waals surface area (Å²) < 4.78 is 26.9. The van der Waals surface area contributed by atoms with Gasteiger partial charge in [0.15, 0.2) is 0 Å². The molecule has 1 heterocycles. The van der Waals surface area contributed by atoms with Gasteiger partial charge in [0, 0.05) is 37.9 Å². The van der Waals surface area contributed by atoms with E-state index >= 15 is 0 Å². The van der Waals surface area contributed by atoms with Crippen LogP contribution < -0.4 is 10.2 Å². The van der Waals surface area contributed by atoms with Crippen LogP contribution in [0.3, 0.4) is 0 Å². The minimum Gasteiger partial charge on any atom is -0.366 e. The summed E-state index contributed by atoms with van der Waals surface area (Å²) in [5.74, 6) is -1.17. The van der Waals surface area contributed by atoms with Crippen LogP contribution in [0.15, 0.2) is 36.4 Å². The summed E-state index contributed by atoms with van der Waals surface area (Å²) in [6, 6.07) is 9.20. The number of aryl methyl sites for hydroxylation is 2. The molecule has 0 unspecified atom stereocenters. The fraction of sp³-hybridized carbons (Fsp3) is 0.316. The molecule has 0 atom stereocenters. The Hall–Kier alpha value is -2.63. The highest BCUT2D eigenvalue weighted by Crippen LogP contribution is 2.22. The van der Waals surface area contributed by atoms with Crippen molar-refractivity contribution in [3.63, 3.8) is 0 Å². The first-order chi connectivity index (χ1) is 11.9. The van der Waals surface area contributed by atoms with Crippen molar-refractivity contribution < 1.29 is 13.6 Å². The molecule has 25 heavy (non-hydrogen) atoms. The normalized spacial score (nSPS) is 14.6. The molecule has 1 saturated heterocycles. The second-order valence-corrected chi connectivity index (χ2v) is 6.30. The third-order valence-corrected chi connectivity index (χ3v) is 4.58. The molecule has 0 radical (unpaired) electrons. The Morgan fingerprint density at radius 3 is 2.32 bits per heavy atom. The zero-order valence-corrected chi connectivity index (χ0v) is 14.4. The van der Waals surface area contributed by atoms with E-state index in [1.165, 1.54) is 17.7 Å². The number of carbonyl (C=O) groups is 1. The number of anilines is 2. The molecule has 2 amide bonds. The number of piperazine rings is 1. The van der Waals surface area contributed by atoms with Gasteiger partial charge in [0.1, 0.15) is 11.6 Å². The highest BCUT2D eigenvalue weighted by Gasteiger charge is 2.23. The lowest BCUT2D eigenvalue weighted by Gasteiger charge is -2.36. The minimum absolute atomic E-state index is 0.164. The number of carbonyl (C=O) groups excluding carboxylic acids is 1. The fourth-order valence-corrected chi connectivity index (χ4v) is 2.91.